The molecule has 0 aliphatic heterocycles. The Hall–Kier alpha value is -1.06. The Balaban J connectivity index is 2.69. The number of aromatic nitrogens is 2. The van der Waals surface area contributed by atoms with Gasteiger partial charge in [-0.1, -0.05) is 18.5 Å². The predicted molar refractivity (Wildman–Crippen MR) is 77.2 cm³/mol. The van der Waals surface area contributed by atoms with Crippen LogP contribution in [0, 0.1) is 0 Å². The van der Waals surface area contributed by atoms with Crippen molar-refractivity contribution in [3.63, 3.8) is 0 Å². The monoisotopic (exact) mass is 265 g/mol. The Morgan fingerprint density at radius 1 is 1.39 bits per heavy atom. The van der Waals surface area contributed by atoms with Gasteiger partial charge in [-0.2, -0.15) is 0 Å². The molecule has 2 aromatic rings. The third-order valence-electron chi connectivity index (χ3n) is 3.34. The van der Waals surface area contributed by atoms with Crippen LogP contribution in [0.5, 0.6) is 0 Å². The molecule has 18 heavy (non-hydrogen) atoms. The van der Waals surface area contributed by atoms with Gasteiger partial charge >= 0.3 is 0 Å². The SMILES string of the molecule is CCC(CN)c1nc2ccc(Cl)cc2n1C(C)C. The van der Waals surface area contributed by atoms with Gasteiger partial charge in [0.15, 0.2) is 0 Å². The fourth-order valence-electron chi connectivity index (χ4n) is 2.37. The molecule has 3 nitrogen and oxygen atoms in total. The number of nitrogens with two attached hydrogens (primary N) is 1. The summed E-state index contributed by atoms with van der Waals surface area (Å²) in [4.78, 5) is 4.74. The lowest BCUT2D eigenvalue weighted by molar-refractivity contribution is 0.530. The van der Waals surface area contributed by atoms with Crippen molar-refractivity contribution in [2.24, 2.45) is 5.73 Å². The largest absolute Gasteiger partial charge is 0.330 e. The Labute approximate surface area is 113 Å². The van der Waals surface area contributed by atoms with Crippen LogP contribution in [-0.2, 0) is 0 Å². The first-order valence-corrected chi connectivity index (χ1v) is 6.83. The first-order chi connectivity index (χ1) is 8.58. The topological polar surface area (TPSA) is 43.8 Å². The van der Waals surface area contributed by atoms with Crippen molar-refractivity contribution in [3.05, 3.63) is 29.0 Å². The fraction of sp³-hybridized carbons (Fsp3) is 0.500. The van der Waals surface area contributed by atoms with Crippen molar-refractivity contribution in [2.45, 2.75) is 39.2 Å². The van der Waals surface area contributed by atoms with Crippen LogP contribution in [0.1, 0.15) is 45.0 Å². The van der Waals surface area contributed by atoms with Crippen molar-refractivity contribution >= 4 is 22.6 Å². The maximum absolute atomic E-state index is 6.09. The number of hydrogen-bond acceptors (Lipinski definition) is 2. The zero-order valence-electron chi connectivity index (χ0n) is 11.2. The summed E-state index contributed by atoms with van der Waals surface area (Å²) in [5, 5.41) is 0.747. The Morgan fingerprint density at radius 3 is 2.67 bits per heavy atom. The zero-order chi connectivity index (χ0) is 13.3. The van der Waals surface area contributed by atoms with E-state index in [-0.39, 0.29) is 0 Å². The van der Waals surface area contributed by atoms with Gasteiger partial charge in [0.25, 0.3) is 0 Å². The second kappa shape index (κ2) is 5.29. The highest BCUT2D eigenvalue weighted by Gasteiger charge is 2.19. The minimum Gasteiger partial charge on any atom is -0.330 e. The molecule has 98 valence electrons. The van der Waals surface area contributed by atoms with Gasteiger partial charge in [0.1, 0.15) is 5.82 Å². The Bertz CT molecular complexity index is 541. The molecule has 0 bridgehead atoms. The average molecular weight is 266 g/mol. The van der Waals surface area contributed by atoms with E-state index in [0.717, 1.165) is 28.3 Å². The summed E-state index contributed by atoms with van der Waals surface area (Å²) in [5.41, 5.74) is 7.95. The summed E-state index contributed by atoms with van der Waals surface area (Å²) in [7, 11) is 0. The van der Waals surface area contributed by atoms with E-state index in [1.54, 1.807) is 0 Å². The molecular formula is C14H20ClN3. The summed E-state index contributed by atoms with van der Waals surface area (Å²) in [5.74, 6) is 1.38. The van der Waals surface area contributed by atoms with Gasteiger partial charge in [0, 0.05) is 23.5 Å². The van der Waals surface area contributed by atoms with Crippen molar-refractivity contribution < 1.29 is 0 Å². The highest BCUT2D eigenvalue weighted by atomic mass is 35.5. The molecule has 1 unspecified atom stereocenters. The number of benzene rings is 1. The van der Waals surface area contributed by atoms with Gasteiger partial charge in [-0.25, -0.2) is 4.98 Å². The standard InChI is InChI=1S/C14H20ClN3/c1-4-10(8-16)14-17-12-6-5-11(15)7-13(12)18(14)9(2)3/h5-7,9-10H,4,8,16H2,1-3H3. The molecular weight excluding hydrogens is 246 g/mol. The molecule has 1 heterocycles. The molecule has 1 aromatic carbocycles. The number of fused-ring (bicyclic) bond motifs is 1. The van der Waals surface area contributed by atoms with Crippen molar-refractivity contribution in [1.82, 2.24) is 9.55 Å². The third-order valence-corrected chi connectivity index (χ3v) is 3.57. The summed E-state index contributed by atoms with van der Waals surface area (Å²) in [6.07, 6.45) is 1.00. The van der Waals surface area contributed by atoms with E-state index < -0.39 is 0 Å². The van der Waals surface area contributed by atoms with Gasteiger partial charge in [-0.15, -0.1) is 0 Å². The number of halogens is 1. The molecule has 0 saturated heterocycles. The summed E-state index contributed by atoms with van der Waals surface area (Å²) < 4.78 is 2.25. The van der Waals surface area contributed by atoms with E-state index >= 15 is 0 Å². The van der Waals surface area contributed by atoms with Crippen molar-refractivity contribution in [3.8, 4) is 0 Å². The number of imidazole rings is 1. The van der Waals surface area contributed by atoms with Gasteiger partial charge in [0.05, 0.1) is 11.0 Å². The Morgan fingerprint density at radius 2 is 2.11 bits per heavy atom. The van der Waals surface area contributed by atoms with E-state index in [1.165, 1.54) is 0 Å². The lowest BCUT2D eigenvalue weighted by atomic mass is 10.1. The fourth-order valence-corrected chi connectivity index (χ4v) is 2.54. The molecule has 1 aromatic heterocycles. The molecule has 2 N–H and O–H groups in total. The van der Waals surface area contributed by atoms with Crippen molar-refractivity contribution in [1.29, 1.82) is 0 Å². The van der Waals surface area contributed by atoms with E-state index in [2.05, 4.69) is 25.3 Å². The van der Waals surface area contributed by atoms with Gasteiger partial charge in [0.2, 0.25) is 0 Å². The van der Waals surface area contributed by atoms with E-state index in [4.69, 9.17) is 22.3 Å². The molecule has 4 heteroatoms. The quantitative estimate of drug-likeness (QED) is 0.916. The van der Waals surface area contributed by atoms with Gasteiger partial charge in [-0.3, -0.25) is 0 Å². The van der Waals surface area contributed by atoms with Crippen LogP contribution in [0.3, 0.4) is 0 Å². The molecule has 2 rings (SSSR count). The summed E-state index contributed by atoms with van der Waals surface area (Å²) >= 11 is 6.09. The van der Waals surface area contributed by atoms with Crippen LogP contribution >= 0.6 is 11.6 Å². The molecule has 1 atom stereocenters. The molecule has 0 radical (unpaired) electrons. The van der Waals surface area contributed by atoms with Crippen LogP contribution < -0.4 is 5.73 Å². The van der Waals surface area contributed by atoms with E-state index in [9.17, 15) is 0 Å². The number of hydrogen-bond donors (Lipinski definition) is 1. The van der Waals surface area contributed by atoms with Gasteiger partial charge in [-0.05, 0) is 38.5 Å². The lowest BCUT2D eigenvalue weighted by Crippen LogP contribution is -2.17. The summed E-state index contributed by atoms with van der Waals surface area (Å²) in [6.45, 7) is 7.10. The number of nitrogens with zero attached hydrogens (tertiary/aromatic N) is 2. The maximum atomic E-state index is 6.09. The minimum absolute atomic E-state index is 0.304. The second-order valence-electron chi connectivity index (χ2n) is 4.91. The molecule has 0 aliphatic carbocycles. The molecule has 0 spiro atoms. The first kappa shape index (κ1) is 13.4. The number of rotatable bonds is 4. The lowest BCUT2D eigenvalue weighted by Gasteiger charge is -2.18. The van der Waals surface area contributed by atoms with Crippen LogP contribution in [0.2, 0.25) is 5.02 Å². The van der Waals surface area contributed by atoms with Crippen LogP contribution in [0.25, 0.3) is 11.0 Å². The highest BCUT2D eigenvalue weighted by molar-refractivity contribution is 6.31. The van der Waals surface area contributed by atoms with E-state index in [1.807, 2.05) is 18.2 Å². The Kier molecular flexibility index (Phi) is 3.93. The predicted octanol–water partition coefficient (Wildman–Crippen LogP) is 3.72. The average Bonchev–Trinajstić information content (AvgIpc) is 2.69. The van der Waals surface area contributed by atoms with Crippen LogP contribution in [0.15, 0.2) is 18.2 Å². The maximum Gasteiger partial charge on any atom is 0.114 e. The van der Waals surface area contributed by atoms with E-state index in [0.29, 0.717) is 18.5 Å². The van der Waals surface area contributed by atoms with Crippen LogP contribution in [0.4, 0.5) is 0 Å². The smallest absolute Gasteiger partial charge is 0.114 e. The minimum atomic E-state index is 0.304. The van der Waals surface area contributed by atoms with Crippen LogP contribution in [-0.4, -0.2) is 16.1 Å². The third kappa shape index (κ3) is 2.25. The highest BCUT2D eigenvalue weighted by Crippen LogP contribution is 2.28. The second-order valence-corrected chi connectivity index (χ2v) is 5.34. The zero-order valence-corrected chi connectivity index (χ0v) is 11.9. The summed E-state index contributed by atoms with van der Waals surface area (Å²) in [6, 6.07) is 6.19. The molecule has 0 fully saturated rings. The van der Waals surface area contributed by atoms with Crippen molar-refractivity contribution in [2.75, 3.05) is 6.54 Å². The first-order valence-electron chi connectivity index (χ1n) is 6.45. The molecule has 0 saturated carbocycles. The molecule has 0 aliphatic rings. The normalized spacial score (nSPS) is 13.4. The molecule has 0 amide bonds. The van der Waals surface area contributed by atoms with Gasteiger partial charge < -0.3 is 10.3 Å².